The Hall–Kier alpha value is -2.96. The van der Waals surface area contributed by atoms with Crippen molar-refractivity contribution in [1.82, 2.24) is 20.1 Å². The molecule has 0 spiro atoms. The summed E-state index contributed by atoms with van der Waals surface area (Å²) in [6.07, 6.45) is 8.52. The number of aryl methyl sites for hydroxylation is 1. The number of methoxy groups -OCH3 is 2. The predicted octanol–water partition coefficient (Wildman–Crippen LogP) is 5.07. The van der Waals surface area contributed by atoms with Crippen molar-refractivity contribution in [1.29, 1.82) is 0 Å². The van der Waals surface area contributed by atoms with Crippen molar-refractivity contribution in [2.24, 2.45) is 11.1 Å². The summed E-state index contributed by atoms with van der Waals surface area (Å²) in [4.78, 5) is 49.7. The maximum Gasteiger partial charge on any atom is 0.336 e. The highest BCUT2D eigenvalue weighted by molar-refractivity contribution is 7.09. The molecule has 3 heterocycles. The Balaban J connectivity index is 1.45. The quantitative estimate of drug-likeness (QED) is 0.309. The van der Waals surface area contributed by atoms with Gasteiger partial charge in [0.2, 0.25) is 5.91 Å². The van der Waals surface area contributed by atoms with E-state index in [0.717, 1.165) is 37.5 Å². The number of allylic oxidation sites excluding steroid dienone is 1. The number of nitrogens with zero attached hydrogens (tertiary/aromatic N) is 3. The summed E-state index contributed by atoms with van der Waals surface area (Å²) in [7, 11) is 2.54. The van der Waals surface area contributed by atoms with Gasteiger partial charge < -0.3 is 25.4 Å². The van der Waals surface area contributed by atoms with E-state index < -0.39 is 17.9 Å². The number of nitrogens with two attached hydrogens (primary N) is 1. The van der Waals surface area contributed by atoms with Crippen molar-refractivity contribution in [2.45, 2.75) is 57.3 Å². The summed E-state index contributed by atoms with van der Waals surface area (Å²) in [6, 6.07) is 4.99. The average molecular weight is 705 g/mol. The molecule has 1 atom stereocenters. The predicted molar refractivity (Wildman–Crippen MR) is 183 cm³/mol. The number of carbonyl (C=O) groups is 3. The topological polar surface area (TPSA) is 127 Å². The maximum absolute atomic E-state index is 13.9. The third-order valence-electron chi connectivity index (χ3n) is 9.66. The van der Waals surface area contributed by atoms with Gasteiger partial charge in [-0.2, -0.15) is 0 Å². The Kier molecular flexibility index (Phi) is 12.0. The highest BCUT2D eigenvalue weighted by Gasteiger charge is 2.42. The first-order valence-electron chi connectivity index (χ1n) is 16.1. The van der Waals surface area contributed by atoms with E-state index >= 15 is 0 Å². The number of piperazine rings is 1. The lowest BCUT2D eigenvalue weighted by Crippen LogP contribution is -2.53. The summed E-state index contributed by atoms with van der Waals surface area (Å²) in [5.41, 5.74) is 7.90. The Morgan fingerprint density at radius 2 is 1.62 bits per heavy atom. The van der Waals surface area contributed by atoms with Crippen LogP contribution >= 0.6 is 34.5 Å². The van der Waals surface area contributed by atoms with Crippen LogP contribution < -0.4 is 11.1 Å². The molecule has 0 radical (unpaired) electrons. The molecule has 1 aliphatic carbocycles. The zero-order chi connectivity index (χ0) is 33.6. The zero-order valence-corrected chi connectivity index (χ0v) is 29.3. The van der Waals surface area contributed by atoms with Gasteiger partial charge in [0.25, 0.3) is 0 Å². The van der Waals surface area contributed by atoms with Gasteiger partial charge in [0, 0.05) is 77.7 Å². The van der Waals surface area contributed by atoms with Crippen LogP contribution in [0.2, 0.25) is 10.0 Å². The van der Waals surface area contributed by atoms with Gasteiger partial charge in [0.15, 0.2) is 0 Å². The molecule has 1 saturated heterocycles. The molecule has 2 aliphatic heterocycles. The fourth-order valence-corrected chi connectivity index (χ4v) is 8.39. The second-order valence-electron chi connectivity index (χ2n) is 12.5. The van der Waals surface area contributed by atoms with Crippen LogP contribution in [0, 0.1) is 5.41 Å². The minimum Gasteiger partial charge on any atom is -0.466 e. The number of hydrogen-bond acceptors (Lipinski definition) is 10. The summed E-state index contributed by atoms with van der Waals surface area (Å²) in [5.74, 6) is -2.52. The smallest absolute Gasteiger partial charge is 0.336 e. The molecule has 1 saturated carbocycles. The van der Waals surface area contributed by atoms with Crippen molar-refractivity contribution in [3.05, 3.63) is 72.9 Å². The monoisotopic (exact) mass is 703 g/mol. The maximum atomic E-state index is 13.9. The molecule has 1 aromatic carbocycles. The largest absolute Gasteiger partial charge is 0.466 e. The lowest BCUT2D eigenvalue weighted by Gasteiger charge is -2.43. The number of amides is 1. The van der Waals surface area contributed by atoms with E-state index in [4.69, 9.17) is 38.4 Å². The van der Waals surface area contributed by atoms with E-state index in [1.165, 1.54) is 44.8 Å². The first-order chi connectivity index (χ1) is 22.7. The fraction of sp³-hybridized carbons (Fsp3) is 0.529. The molecule has 2 fully saturated rings. The average Bonchev–Trinajstić information content (AvgIpc) is 3.61. The highest BCUT2D eigenvalue weighted by atomic mass is 35.5. The number of carbonyl (C=O) groups excluding carboxylic acids is 3. The normalized spacial score (nSPS) is 20.2. The van der Waals surface area contributed by atoms with Crippen molar-refractivity contribution < 1.29 is 23.9 Å². The zero-order valence-electron chi connectivity index (χ0n) is 27.0. The molecule has 1 aromatic heterocycles. The number of dihydropyridines is 1. The van der Waals surface area contributed by atoms with Crippen LogP contribution in [0.4, 0.5) is 0 Å². The number of aromatic nitrogens is 1. The number of halogens is 2. The Morgan fingerprint density at radius 3 is 2.19 bits per heavy atom. The molecular formula is C34H43Cl2N5O5S. The van der Waals surface area contributed by atoms with Gasteiger partial charge in [-0.05, 0) is 43.4 Å². The molecule has 1 unspecified atom stereocenters. The molecule has 13 heteroatoms. The van der Waals surface area contributed by atoms with Gasteiger partial charge >= 0.3 is 11.9 Å². The third kappa shape index (κ3) is 8.03. The Bertz CT molecular complexity index is 1490. The minimum absolute atomic E-state index is 0.0927. The molecule has 1 amide bonds. The number of rotatable bonds is 11. The van der Waals surface area contributed by atoms with E-state index in [1.807, 2.05) is 10.3 Å². The van der Waals surface area contributed by atoms with Gasteiger partial charge in [-0.1, -0.05) is 48.5 Å². The summed E-state index contributed by atoms with van der Waals surface area (Å²) in [5, 5.41) is 6.60. The molecule has 3 aliphatic rings. The Labute approximate surface area is 290 Å². The van der Waals surface area contributed by atoms with E-state index in [-0.39, 0.29) is 38.9 Å². The van der Waals surface area contributed by atoms with Crippen molar-refractivity contribution in [3.63, 3.8) is 0 Å². The lowest BCUT2D eigenvalue weighted by molar-refractivity contribution is -0.137. The first-order valence-corrected chi connectivity index (χ1v) is 17.8. The summed E-state index contributed by atoms with van der Waals surface area (Å²) in [6.45, 7) is 4.29. The lowest BCUT2D eigenvalue weighted by atomic mass is 9.73. The van der Waals surface area contributed by atoms with Crippen LogP contribution in [0.15, 0.2) is 52.3 Å². The van der Waals surface area contributed by atoms with Crippen LogP contribution in [0.1, 0.15) is 61.4 Å². The van der Waals surface area contributed by atoms with E-state index in [0.29, 0.717) is 49.4 Å². The number of thiazole rings is 1. The van der Waals surface area contributed by atoms with Gasteiger partial charge in [-0.3, -0.25) is 9.69 Å². The SMILES string of the molecule is COC(=O)C1=C(CCc2nccs2)NC(CC(=O)N2CCN(CC3(CN)CCCCC3)CC2)=C(C(=O)OC)C1c1c(Cl)cccc1Cl. The van der Waals surface area contributed by atoms with Gasteiger partial charge in [0.05, 0.1) is 42.7 Å². The number of nitrogens with one attached hydrogen (secondary N) is 1. The van der Waals surface area contributed by atoms with Crippen molar-refractivity contribution >= 4 is 52.4 Å². The molecule has 47 heavy (non-hydrogen) atoms. The second-order valence-corrected chi connectivity index (χ2v) is 14.3. The highest BCUT2D eigenvalue weighted by Crippen LogP contribution is 2.46. The number of esters is 2. The molecule has 5 rings (SSSR count). The van der Waals surface area contributed by atoms with Crippen LogP contribution in [-0.2, 0) is 30.3 Å². The summed E-state index contributed by atoms with van der Waals surface area (Å²) < 4.78 is 10.5. The van der Waals surface area contributed by atoms with E-state index in [1.54, 1.807) is 24.4 Å². The molecule has 0 bridgehead atoms. The standard InChI is InChI=1S/C34H43Cl2N5O5S/c1-45-32(43)29-24(9-10-26-38-13-18-47-26)39-25(30(33(44)46-2)31(29)28-22(35)7-6-8-23(28)36)19-27(42)41-16-14-40(15-17-41)21-34(20-37)11-4-3-5-12-34/h6-8,13,18,31,39H,3-5,9-12,14-17,19-21,37H2,1-2H3. The fourth-order valence-electron chi connectivity index (χ4n) is 7.15. The van der Waals surface area contributed by atoms with Crippen LogP contribution in [0.25, 0.3) is 0 Å². The van der Waals surface area contributed by atoms with Gasteiger partial charge in [-0.25, -0.2) is 14.6 Å². The molecule has 254 valence electrons. The van der Waals surface area contributed by atoms with Crippen molar-refractivity contribution in [2.75, 3.05) is 53.5 Å². The van der Waals surface area contributed by atoms with Crippen LogP contribution in [0.5, 0.6) is 0 Å². The van der Waals surface area contributed by atoms with Gasteiger partial charge in [-0.15, -0.1) is 11.3 Å². The Morgan fingerprint density at radius 1 is 0.979 bits per heavy atom. The number of benzene rings is 1. The number of hydrogen-bond donors (Lipinski definition) is 2. The molecular weight excluding hydrogens is 661 g/mol. The van der Waals surface area contributed by atoms with Gasteiger partial charge in [0.1, 0.15) is 0 Å². The number of ether oxygens (including phenoxy) is 2. The first kappa shape index (κ1) is 35.3. The van der Waals surface area contributed by atoms with Crippen LogP contribution in [0.3, 0.4) is 0 Å². The molecule has 10 nitrogen and oxygen atoms in total. The summed E-state index contributed by atoms with van der Waals surface area (Å²) >= 11 is 15.0. The van der Waals surface area contributed by atoms with E-state index in [2.05, 4.69) is 15.2 Å². The van der Waals surface area contributed by atoms with Crippen LogP contribution in [-0.4, -0.2) is 86.1 Å². The molecule has 3 N–H and O–H groups in total. The second kappa shape index (κ2) is 16.0. The third-order valence-corrected chi connectivity index (χ3v) is 11.2. The molecule has 2 aromatic rings. The van der Waals surface area contributed by atoms with Crippen molar-refractivity contribution in [3.8, 4) is 0 Å². The van der Waals surface area contributed by atoms with E-state index in [9.17, 15) is 14.4 Å². The minimum atomic E-state index is -1.04.